The summed E-state index contributed by atoms with van der Waals surface area (Å²) in [5.74, 6) is 5.54. The zero-order valence-corrected chi connectivity index (χ0v) is 24.4. The molecule has 4 fully saturated rings. The lowest BCUT2D eigenvalue weighted by Crippen LogP contribution is -2.51. The van der Waals surface area contributed by atoms with Crippen molar-refractivity contribution < 1.29 is 9.47 Å². The number of nitrogens with zero attached hydrogens (tertiary/aromatic N) is 1. The van der Waals surface area contributed by atoms with Crippen molar-refractivity contribution in [2.24, 2.45) is 46.3 Å². The SMILES string of the molecule is CC(C)CCC[C@@H](C)C1CCC2[C@@H]3CC=C4C[C@@H](OCCN5CCOCC5)CC[C@]4(C)[C@H]3CC[C@]12C. The predicted octanol–water partition coefficient (Wildman–Crippen LogP) is 7.75. The van der Waals surface area contributed by atoms with Crippen LogP contribution in [0.1, 0.15) is 105 Å². The van der Waals surface area contributed by atoms with Gasteiger partial charge in [-0.1, -0.05) is 65.5 Å². The maximum atomic E-state index is 6.47. The van der Waals surface area contributed by atoms with Gasteiger partial charge in [0.1, 0.15) is 0 Å². The lowest BCUT2D eigenvalue weighted by atomic mass is 9.47. The van der Waals surface area contributed by atoms with Gasteiger partial charge in [-0.15, -0.1) is 0 Å². The first-order chi connectivity index (χ1) is 17.3. The molecular formula is C33H57NO2. The number of ether oxygens (including phenoxy) is 2. The summed E-state index contributed by atoms with van der Waals surface area (Å²) in [5, 5.41) is 0. The summed E-state index contributed by atoms with van der Waals surface area (Å²) in [4.78, 5) is 2.50. The van der Waals surface area contributed by atoms with Gasteiger partial charge in [0.05, 0.1) is 25.9 Å². The van der Waals surface area contributed by atoms with Gasteiger partial charge in [-0.2, -0.15) is 0 Å². The minimum atomic E-state index is 0.440. The van der Waals surface area contributed by atoms with E-state index in [1.165, 1.54) is 70.6 Å². The Labute approximate surface area is 223 Å². The monoisotopic (exact) mass is 499 g/mol. The van der Waals surface area contributed by atoms with Crippen molar-refractivity contribution in [1.29, 1.82) is 0 Å². The highest BCUT2D eigenvalue weighted by molar-refractivity contribution is 5.25. The molecule has 0 spiro atoms. The van der Waals surface area contributed by atoms with Gasteiger partial charge in [-0.3, -0.25) is 4.90 Å². The zero-order valence-electron chi connectivity index (χ0n) is 24.4. The first-order valence-corrected chi connectivity index (χ1v) is 15.9. The third-order valence-corrected chi connectivity index (χ3v) is 12.1. The van der Waals surface area contributed by atoms with Crippen LogP contribution in [0.3, 0.4) is 0 Å². The fourth-order valence-electron chi connectivity index (χ4n) is 9.97. The molecular weight excluding hydrogens is 442 g/mol. The number of hydrogen-bond acceptors (Lipinski definition) is 3. The van der Waals surface area contributed by atoms with E-state index >= 15 is 0 Å². The molecule has 1 aliphatic heterocycles. The van der Waals surface area contributed by atoms with Crippen LogP contribution in [-0.4, -0.2) is 50.5 Å². The van der Waals surface area contributed by atoms with E-state index in [0.29, 0.717) is 16.9 Å². The first kappa shape index (κ1) is 27.2. The number of allylic oxidation sites excluding steroid dienone is 1. The fraction of sp³-hybridized carbons (Fsp3) is 0.939. The molecule has 206 valence electrons. The van der Waals surface area contributed by atoms with Gasteiger partial charge in [0.25, 0.3) is 0 Å². The Morgan fingerprint density at radius 2 is 1.81 bits per heavy atom. The molecule has 0 bridgehead atoms. The largest absolute Gasteiger partial charge is 0.379 e. The van der Waals surface area contributed by atoms with Crippen LogP contribution in [-0.2, 0) is 9.47 Å². The van der Waals surface area contributed by atoms with Gasteiger partial charge >= 0.3 is 0 Å². The van der Waals surface area contributed by atoms with E-state index < -0.39 is 0 Å². The molecule has 36 heavy (non-hydrogen) atoms. The van der Waals surface area contributed by atoms with Crippen LogP contribution in [0.15, 0.2) is 11.6 Å². The Morgan fingerprint density at radius 1 is 1.00 bits per heavy atom. The van der Waals surface area contributed by atoms with Crippen molar-refractivity contribution in [3.8, 4) is 0 Å². The van der Waals surface area contributed by atoms with Crippen molar-refractivity contribution in [3.05, 3.63) is 11.6 Å². The van der Waals surface area contributed by atoms with E-state index in [1.807, 2.05) is 0 Å². The molecule has 3 saturated carbocycles. The van der Waals surface area contributed by atoms with E-state index in [1.54, 1.807) is 5.57 Å². The normalized spacial score (nSPS) is 41.9. The number of fused-ring (bicyclic) bond motifs is 5. The Balaban J connectivity index is 1.18. The summed E-state index contributed by atoms with van der Waals surface area (Å²) in [6.07, 6.45) is 18.6. The standard InChI is InChI=1S/C33H57NO2/c1-24(2)7-6-8-25(3)29-11-12-30-28-10-9-26-23-27(36-22-19-34-17-20-35-21-18-34)13-15-32(26,4)31(28)14-16-33(29,30)5/h9,24-25,27-31H,6-8,10-23H2,1-5H3/t25-,27+,28+,29?,30?,31+,32+,33-/m1/s1. The lowest BCUT2D eigenvalue weighted by Gasteiger charge is -2.58. The average molecular weight is 500 g/mol. The molecule has 5 rings (SSSR count). The highest BCUT2D eigenvalue weighted by Gasteiger charge is 2.59. The van der Waals surface area contributed by atoms with Crippen LogP contribution in [0.5, 0.6) is 0 Å². The van der Waals surface area contributed by atoms with Gasteiger partial charge in [0.2, 0.25) is 0 Å². The number of rotatable bonds is 9. The lowest BCUT2D eigenvalue weighted by molar-refractivity contribution is -0.0661. The molecule has 3 nitrogen and oxygen atoms in total. The fourth-order valence-corrected chi connectivity index (χ4v) is 9.97. The Bertz CT molecular complexity index is 757. The third-order valence-electron chi connectivity index (χ3n) is 12.1. The molecule has 1 heterocycles. The second-order valence-corrected chi connectivity index (χ2v) is 14.5. The second-order valence-electron chi connectivity index (χ2n) is 14.5. The molecule has 8 atom stereocenters. The molecule has 2 unspecified atom stereocenters. The van der Waals surface area contributed by atoms with Gasteiger partial charge in [-0.05, 0) is 97.7 Å². The van der Waals surface area contributed by atoms with Crippen LogP contribution in [0.4, 0.5) is 0 Å². The molecule has 0 amide bonds. The van der Waals surface area contributed by atoms with E-state index in [-0.39, 0.29) is 0 Å². The summed E-state index contributed by atoms with van der Waals surface area (Å²) < 4.78 is 12.0. The van der Waals surface area contributed by atoms with E-state index in [4.69, 9.17) is 9.47 Å². The topological polar surface area (TPSA) is 21.7 Å². The molecule has 0 radical (unpaired) electrons. The van der Waals surface area contributed by atoms with Gasteiger partial charge in [0.15, 0.2) is 0 Å². The molecule has 0 aromatic carbocycles. The smallest absolute Gasteiger partial charge is 0.0613 e. The van der Waals surface area contributed by atoms with Crippen LogP contribution in [0, 0.1) is 46.3 Å². The van der Waals surface area contributed by atoms with E-state index in [9.17, 15) is 0 Å². The van der Waals surface area contributed by atoms with Crippen molar-refractivity contribution in [3.63, 3.8) is 0 Å². The quantitative estimate of drug-likeness (QED) is 0.303. The van der Waals surface area contributed by atoms with Crippen LogP contribution < -0.4 is 0 Å². The second kappa shape index (κ2) is 11.4. The Morgan fingerprint density at radius 3 is 2.58 bits per heavy atom. The average Bonchev–Trinajstić information content (AvgIpc) is 3.22. The Hall–Kier alpha value is -0.380. The molecule has 4 aliphatic carbocycles. The third kappa shape index (κ3) is 5.37. The van der Waals surface area contributed by atoms with E-state index in [0.717, 1.165) is 75.0 Å². The van der Waals surface area contributed by atoms with E-state index in [2.05, 4.69) is 45.6 Å². The molecule has 0 aromatic rings. The summed E-state index contributed by atoms with van der Waals surface area (Å²) in [7, 11) is 0. The molecule has 5 aliphatic rings. The van der Waals surface area contributed by atoms with Gasteiger partial charge < -0.3 is 9.47 Å². The highest BCUT2D eigenvalue weighted by Crippen LogP contribution is 2.67. The molecule has 0 N–H and O–H groups in total. The maximum Gasteiger partial charge on any atom is 0.0613 e. The minimum absolute atomic E-state index is 0.440. The van der Waals surface area contributed by atoms with Crippen molar-refractivity contribution in [1.82, 2.24) is 4.90 Å². The number of morpholine rings is 1. The first-order valence-electron chi connectivity index (χ1n) is 15.9. The maximum absolute atomic E-state index is 6.47. The predicted molar refractivity (Wildman–Crippen MR) is 150 cm³/mol. The zero-order chi connectivity index (χ0) is 25.3. The van der Waals surface area contributed by atoms with Crippen LogP contribution in [0.2, 0.25) is 0 Å². The van der Waals surface area contributed by atoms with Crippen molar-refractivity contribution in [2.45, 2.75) is 111 Å². The summed E-state index contributed by atoms with van der Waals surface area (Å²) >= 11 is 0. The summed E-state index contributed by atoms with van der Waals surface area (Å²) in [6.45, 7) is 18.6. The van der Waals surface area contributed by atoms with Crippen LogP contribution >= 0.6 is 0 Å². The van der Waals surface area contributed by atoms with Crippen molar-refractivity contribution in [2.75, 3.05) is 39.5 Å². The highest BCUT2D eigenvalue weighted by atomic mass is 16.5. The Kier molecular flexibility index (Phi) is 8.60. The summed E-state index contributed by atoms with van der Waals surface area (Å²) in [6, 6.07) is 0. The van der Waals surface area contributed by atoms with Gasteiger partial charge in [-0.25, -0.2) is 0 Å². The molecule has 3 heteroatoms. The van der Waals surface area contributed by atoms with Crippen molar-refractivity contribution >= 4 is 0 Å². The van der Waals surface area contributed by atoms with Gasteiger partial charge in [0, 0.05) is 19.6 Å². The van der Waals surface area contributed by atoms with Crippen LogP contribution in [0.25, 0.3) is 0 Å². The number of hydrogen-bond donors (Lipinski definition) is 0. The minimum Gasteiger partial charge on any atom is -0.379 e. The molecule has 0 aromatic heterocycles. The molecule has 1 saturated heterocycles. The summed E-state index contributed by atoms with van der Waals surface area (Å²) in [5.41, 5.74) is 2.81.